The normalized spacial score (nSPS) is 20.0. The SMILES string of the molecule is C#C/C(C)=C/C=C\CC1CNC(=C)C1.CC. The summed E-state index contributed by atoms with van der Waals surface area (Å²) < 4.78 is 0. The molecule has 1 nitrogen and oxygen atoms in total. The number of hydrogen-bond donors (Lipinski definition) is 1. The van der Waals surface area contributed by atoms with Crippen molar-refractivity contribution in [3.05, 3.63) is 36.1 Å². The number of hydrogen-bond acceptors (Lipinski definition) is 1. The van der Waals surface area contributed by atoms with Gasteiger partial charge in [0, 0.05) is 12.2 Å². The third kappa shape index (κ3) is 6.14. The van der Waals surface area contributed by atoms with Crippen LogP contribution in [-0.2, 0) is 0 Å². The van der Waals surface area contributed by atoms with Crippen molar-refractivity contribution in [1.29, 1.82) is 0 Å². The van der Waals surface area contributed by atoms with E-state index < -0.39 is 0 Å². The van der Waals surface area contributed by atoms with Crippen LogP contribution < -0.4 is 5.32 Å². The zero-order chi connectivity index (χ0) is 12.4. The standard InChI is InChI=1S/C13H17N.C2H6/c1-4-11(2)7-5-6-8-13-9-12(3)14-10-13;1-2/h1,5-7,13-14H,3,8-10H2,2H3;1-2H3/b6-5-,11-7+;. The molecule has 1 aliphatic rings. The highest BCUT2D eigenvalue weighted by Gasteiger charge is 2.14. The largest absolute Gasteiger partial charge is 0.389 e. The molecule has 16 heavy (non-hydrogen) atoms. The Labute approximate surface area is 100 Å². The highest BCUT2D eigenvalue weighted by molar-refractivity contribution is 5.26. The van der Waals surface area contributed by atoms with E-state index in [9.17, 15) is 0 Å². The molecule has 0 spiro atoms. The summed E-state index contributed by atoms with van der Waals surface area (Å²) in [5.41, 5.74) is 2.13. The first kappa shape index (κ1) is 14.6. The fraction of sp³-hybridized carbons (Fsp3) is 0.467. The maximum atomic E-state index is 5.22. The molecule has 1 heterocycles. The van der Waals surface area contributed by atoms with E-state index in [-0.39, 0.29) is 0 Å². The fourth-order valence-corrected chi connectivity index (χ4v) is 1.48. The van der Waals surface area contributed by atoms with Gasteiger partial charge >= 0.3 is 0 Å². The van der Waals surface area contributed by atoms with Gasteiger partial charge in [0.2, 0.25) is 0 Å². The molecule has 0 aromatic heterocycles. The first-order chi connectivity index (χ1) is 7.72. The highest BCUT2D eigenvalue weighted by atomic mass is 14.9. The lowest BCUT2D eigenvalue weighted by molar-refractivity contribution is 0.596. The van der Waals surface area contributed by atoms with Crippen LogP contribution in [-0.4, -0.2) is 6.54 Å². The smallest absolute Gasteiger partial charge is 0.0178 e. The van der Waals surface area contributed by atoms with E-state index in [0.29, 0.717) is 5.92 Å². The maximum Gasteiger partial charge on any atom is 0.0178 e. The monoisotopic (exact) mass is 217 g/mol. The Morgan fingerprint density at radius 1 is 1.62 bits per heavy atom. The van der Waals surface area contributed by atoms with Crippen molar-refractivity contribution in [3.8, 4) is 12.3 Å². The zero-order valence-corrected chi connectivity index (χ0v) is 10.7. The van der Waals surface area contributed by atoms with Gasteiger partial charge in [-0.15, -0.1) is 6.42 Å². The summed E-state index contributed by atoms with van der Waals surface area (Å²) in [5, 5.41) is 3.25. The second-order valence-corrected chi connectivity index (χ2v) is 3.71. The van der Waals surface area contributed by atoms with Crippen LogP contribution in [0.3, 0.4) is 0 Å². The third-order valence-electron chi connectivity index (χ3n) is 2.36. The average molecular weight is 217 g/mol. The van der Waals surface area contributed by atoms with E-state index in [0.717, 1.165) is 25.0 Å². The summed E-state index contributed by atoms with van der Waals surface area (Å²) in [6, 6.07) is 0. The molecule has 1 saturated heterocycles. The number of allylic oxidation sites excluding steroid dienone is 5. The lowest BCUT2D eigenvalue weighted by Crippen LogP contribution is -2.06. The third-order valence-corrected chi connectivity index (χ3v) is 2.36. The Bertz CT molecular complexity index is 302. The molecular weight excluding hydrogens is 194 g/mol. The van der Waals surface area contributed by atoms with E-state index in [4.69, 9.17) is 6.42 Å². The Hall–Kier alpha value is -1.42. The van der Waals surface area contributed by atoms with Gasteiger partial charge < -0.3 is 5.32 Å². The second-order valence-electron chi connectivity index (χ2n) is 3.71. The summed E-state index contributed by atoms with van der Waals surface area (Å²) >= 11 is 0. The molecule has 1 unspecified atom stereocenters. The minimum absolute atomic E-state index is 0.707. The van der Waals surface area contributed by atoms with Crippen LogP contribution >= 0.6 is 0 Å². The molecule has 0 aromatic rings. The highest BCUT2D eigenvalue weighted by Crippen LogP contribution is 2.18. The summed E-state index contributed by atoms with van der Waals surface area (Å²) in [7, 11) is 0. The molecule has 1 atom stereocenters. The van der Waals surface area contributed by atoms with Gasteiger partial charge in [0.15, 0.2) is 0 Å². The summed E-state index contributed by atoms with van der Waals surface area (Å²) in [5.74, 6) is 3.29. The van der Waals surface area contributed by atoms with Crippen molar-refractivity contribution in [1.82, 2.24) is 5.32 Å². The van der Waals surface area contributed by atoms with E-state index in [2.05, 4.69) is 23.9 Å². The molecule has 1 fully saturated rings. The first-order valence-corrected chi connectivity index (χ1v) is 5.94. The van der Waals surface area contributed by atoms with Gasteiger partial charge in [0.25, 0.3) is 0 Å². The molecule has 1 rings (SSSR count). The molecule has 1 aliphatic heterocycles. The molecule has 0 bridgehead atoms. The molecule has 0 amide bonds. The van der Waals surface area contributed by atoms with Crippen molar-refractivity contribution in [2.24, 2.45) is 5.92 Å². The summed E-state index contributed by atoms with van der Waals surface area (Å²) in [6.45, 7) is 10.9. The maximum absolute atomic E-state index is 5.22. The van der Waals surface area contributed by atoms with Crippen LogP contribution in [0.15, 0.2) is 36.1 Å². The minimum atomic E-state index is 0.707. The van der Waals surface area contributed by atoms with Crippen molar-refractivity contribution in [3.63, 3.8) is 0 Å². The van der Waals surface area contributed by atoms with Crippen LogP contribution in [0.4, 0.5) is 0 Å². The van der Waals surface area contributed by atoms with Gasteiger partial charge in [-0.05, 0) is 31.3 Å². The Balaban J connectivity index is 0.00000106. The van der Waals surface area contributed by atoms with E-state index >= 15 is 0 Å². The summed E-state index contributed by atoms with van der Waals surface area (Å²) in [6.07, 6.45) is 13.6. The quantitative estimate of drug-likeness (QED) is 0.562. The fourth-order valence-electron chi connectivity index (χ4n) is 1.48. The van der Waals surface area contributed by atoms with Gasteiger partial charge in [-0.3, -0.25) is 0 Å². The average Bonchev–Trinajstić information content (AvgIpc) is 2.73. The molecule has 0 aromatic carbocycles. The van der Waals surface area contributed by atoms with Crippen LogP contribution in [0.5, 0.6) is 0 Å². The number of terminal acetylenes is 1. The zero-order valence-electron chi connectivity index (χ0n) is 10.7. The molecule has 0 radical (unpaired) electrons. The van der Waals surface area contributed by atoms with Gasteiger partial charge in [-0.2, -0.15) is 0 Å². The second kappa shape index (κ2) is 8.85. The van der Waals surface area contributed by atoms with Gasteiger partial charge in [-0.25, -0.2) is 0 Å². The Morgan fingerprint density at radius 3 is 2.81 bits per heavy atom. The van der Waals surface area contributed by atoms with Gasteiger partial charge in [-0.1, -0.05) is 44.6 Å². The molecule has 88 valence electrons. The van der Waals surface area contributed by atoms with E-state index in [1.165, 1.54) is 5.70 Å². The number of nitrogens with one attached hydrogen (secondary N) is 1. The van der Waals surface area contributed by atoms with Gasteiger partial charge in [0.1, 0.15) is 0 Å². The number of rotatable bonds is 3. The molecule has 0 saturated carbocycles. The summed E-state index contributed by atoms with van der Waals surface area (Å²) in [4.78, 5) is 0. The van der Waals surface area contributed by atoms with Crippen LogP contribution in [0.2, 0.25) is 0 Å². The lowest BCUT2D eigenvalue weighted by Gasteiger charge is -2.00. The molecular formula is C15H23N. The minimum Gasteiger partial charge on any atom is -0.389 e. The van der Waals surface area contributed by atoms with Crippen LogP contribution in [0.25, 0.3) is 0 Å². The lowest BCUT2D eigenvalue weighted by atomic mass is 10.0. The predicted octanol–water partition coefficient (Wildman–Crippen LogP) is 3.66. The Morgan fingerprint density at radius 2 is 2.31 bits per heavy atom. The van der Waals surface area contributed by atoms with Gasteiger partial charge in [0.05, 0.1) is 0 Å². The molecule has 1 heteroatoms. The Kier molecular flexibility index (Phi) is 8.07. The van der Waals surface area contributed by atoms with Crippen molar-refractivity contribution < 1.29 is 0 Å². The van der Waals surface area contributed by atoms with E-state index in [1.54, 1.807) is 0 Å². The van der Waals surface area contributed by atoms with E-state index in [1.807, 2.05) is 32.9 Å². The van der Waals surface area contributed by atoms with Crippen LogP contribution in [0, 0.1) is 18.3 Å². The van der Waals surface area contributed by atoms with Crippen molar-refractivity contribution in [2.45, 2.75) is 33.6 Å². The molecule has 0 aliphatic carbocycles. The molecule has 1 N–H and O–H groups in total. The first-order valence-electron chi connectivity index (χ1n) is 5.94. The van der Waals surface area contributed by atoms with Crippen molar-refractivity contribution >= 4 is 0 Å². The van der Waals surface area contributed by atoms with Crippen molar-refractivity contribution in [2.75, 3.05) is 6.54 Å². The predicted molar refractivity (Wildman–Crippen MR) is 72.9 cm³/mol. The topological polar surface area (TPSA) is 12.0 Å². The van der Waals surface area contributed by atoms with Crippen LogP contribution in [0.1, 0.15) is 33.6 Å².